The first-order valence-corrected chi connectivity index (χ1v) is 6.35. The summed E-state index contributed by atoms with van der Waals surface area (Å²) < 4.78 is 5.05. The summed E-state index contributed by atoms with van der Waals surface area (Å²) in [6.07, 6.45) is 1.12. The van der Waals surface area contributed by atoms with Crippen molar-refractivity contribution >= 4 is 17.7 Å². The summed E-state index contributed by atoms with van der Waals surface area (Å²) >= 11 is 1.68. The zero-order valence-electron chi connectivity index (χ0n) is 9.22. The number of benzene rings is 1. The van der Waals surface area contributed by atoms with Gasteiger partial charge in [0.15, 0.2) is 0 Å². The number of hydrogen-bond acceptors (Lipinski definition) is 4. The van der Waals surface area contributed by atoms with Gasteiger partial charge >= 0.3 is 5.97 Å². The molecule has 88 valence electrons. The van der Waals surface area contributed by atoms with E-state index in [0.29, 0.717) is 26.0 Å². The summed E-state index contributed by atoms with van der Waals surface area (Å²) in [5.74, 6) is 0.636. The third-order valence-corrected chi connectivity index (χ3v) is 2.92. The van der Waals surface area contributed by atoms with Gasteiger partial charge in [-0.1, -0.05) is 18.2 Å². The predicted molar refractivity (Wildman–Crippen MR) is 66.4 cm³/mol. The zero-order chi connectivity index (χ0) is 11.6. The zero-order valence-corrected chi connectivity index (χ0v) is 10.0. The van der Waals surface area contributed by atoms with Gasteiger partial charge in [0.25, 0.3) is 0 Å². The van der Waals surface area contributed by atoms with Gasteiger partial charge in [0, 0.05) is 17.1 Å². The Kier molecular flexibility index (Phi) is 6.69. The fourth-order valence-corrected chi connectivity index (χ4v) is 1.90. The highest BCUT2D eigenvalue weighted by atomic mass is 32.2. The van der Waals surface area contributed by atoms with Crippen molar-refractivity contribution in [2.75, 3.05) is 18.9 Å². The lowest BCUT2D eigenvalue weighted by atomic mass is 10.3. The standard InChI is InChI=1S/C12H17NO2S/c13-8-4-7-12(14)15-9-10-16-11-5-2-1-3-6-11/h1-3,5-6H,4,7-10,13H2. The Bertz CT molecular complexity index is 303. The van der Waals surface area contributed by atoms with Gasteiger partial charge in [-0.3, -0.25) is 4.79 Å². The molecule has 4 heteroatoms. The van der Waals surface area contributed by atoms with Gasteiger partial charge in [0.05, 0.1) is 0 Å². The van der Waals surface area contributed by atoms with Crippen LogP contribution in [0.3, 0.4) is 0 Å². The first-order chi connectivity index (χ1) is 7.83. The molecule has 0 aliphatic heterocycles. The Morgan fingerprint density at radius 2 is 2.06 bits per heavy atom. The summed E-state index contributed by atoms with van der Waals surface area (Å²) in [5.41, 5.74) is 5.30. The third-order valence-electron chi connectivity index (χ3n) is 1.94. The molecule has 0 radical (unpaired) electrons. The second-order valence-electron chi connectivity index (χ2n) is 3.27. The fraction of sp³-hybridized carbons (Fsp3) is 0.417. The molecule has 2 N–H and O–H groups in total. The van der Waals surface area contributed by atoms with Crippen LogP contribution in [0.2, 0.25) is 0 Å². The molecule has 1 aromatic rings. The molecular weight excluding hydrogens is 222 g/mol. The summed E-state index contributed by atoms with van der Waals surface area (Å²) in [7, 11) is 0. The molecule has 1 aromatic carbocycles. The number of rotatable bonds is 7. The molecule has 3 nitrogen and oxygen atoms in total. The first-order valence-electron chi connectivity index (χ1n) is 5.36. The van der Waals surface area contributed by atoms with Crippen LogP contribution in [0, 0.1) is 0 Å². The molecule has 0 heterocycles. The highest BCUT2D eigenvalue weighted by Gasteiger charge is 2.01. The molecule has 0 fully saturated rings. The van der Waals surface area contributed by atoms with Gasteiger partial charge in [-0.05, 0) is 25.1 Å². The molecule has 0 bridgehead atoms. The molecule has 0 atom stereocenters. The number of ether oxygens (including phenoxy) is 1. The highest BCUT2D eigenvalue weighted by molar-refractivity contribution is 7.99. The normalized spacial score (nSPS) is 10.1. The topological polar surface area (TPSA) is 52.3 Å². The van der Waals surface area contributed by atoms with E-state index in [4.69, 9.17) is 10.5 Å². The lowest BCUT2D eigenvalue weighted by molar-refractivity contribution is -0.143. The molecule has 1 rings (SSSR count). The minimum Gasteiger partial charge on any atom is -0.465 e. The molecule has 0 aromatic heterocycles. The molecule has 0 aliphatic rings. The molecule has 0 saturated carbocycles. The van der Waals surface area contributed by atoms with Crippen LogP contribution in [0.15, 0.2) is 35.2 Å². The number of carbonyl (C=O) groups excluding carboxylic acids is 1. The van der Waals surface area contributed by atoms with Crippen molar-refractivity contribution < 1.29 is 9.53 Å². The summed E-state index contributed by atoms with van der Waals surface area (Å²) in [6, 6.07) is 10.1. The second-order valence-corrected chi connectivity index (χ2v) is 4.44. The van der Waals surface area contributed by atoms with Gasteiger partial charge < -0.3 is 10.5 Å². The van der Waals surface area contributed by atoms with Gasteiger partial charge in [-0.15, -0.1) is 11.8 Å². The summed E-state index contributed by atoms with van der Waals surface area (Å²) in [5, 5.41) is 0. The summed E-state index contributed by atoms with van der Waals surface area (Å²) in [6.45, 7) is 0.997. The molecule has 0 aliphatic carbocycles. The number of nitrogens with two attached hydrogens (primary N) is 1. The van der Waals surface area contributed by atoms with Gasteiger partial charge in [0.2, 0.25) is 0 Å². The van der Waals surface area contributed by atoms with Gasteiger partial charge in [-0.25, -0.2) is 0 Å². The van der Waals surface area contributed by atoms with Crippen molar-refractivity contribution in [3.05, 3.63) is 30.3 Å². The van der Waals surface area contributed by atoms with E-state index in [0.717, 1.165) is 5.75 Å². The molecular formula is C12H17NO2S. The Hall–Kier alpha value is -1.00. The predicted octanol–water partition coefficient (Wildman–Crippen LogP) is 2.06. The van der Waals surface area contributed by atoms with Crippen LogP contribution in [0.25, 0.3) is 0 Å². The van der Waals surface area contributed by atoms with Gasteiger partial charge in [0.1, 0.15) is 6.61 Å². The van der Waals surface area contributed by atoms with Crippen molar-refractivity contribution in [3.8, 4) is 0 Å². The number of hydrogen-bond donors (Lipinski definition) is 1. The average molecular weight is 239 g/mol. The number of thioether (sulfide) groups is 1. The molecule has 0 saturated heterocycles. The minimum absolute atomic E-state index is 0.154. The van der Waals surface area contributed by atoms with Crippen molar-refractivity contribution in [1.82, 2.24) is 0 Å². The number of esters is 1. The second kappa shape index (κ2) is 8.19. The first kappa shape index (κ1) is 13.1. The van der Waals surface area contributed by atoms with E-state index < -0.39 is 0 Å². The summed E-state index contributed by atoms with van der Waals surface area (Å²) in [4.78, 5) is 12.3. The maximum Gasteiger partial charge on any atom is 0.305 e. The lowest BCUT2D eigenvalue weighted by Crippen LogP contribution is -2.09. The van der Waals surface area contributed by atoms with Crippen molar-refractivity contribution in [2.45, 2.75) is 17.7 Å². The van der Waals surface area contributed by atoms with E-state index in [1.54, 1.807) is 11.8 Å². The fourth-order valence-electron chi connectivity index (χ4n) is 1.15. The smallest absolute Gasteiger partial charge is 0.305 e. The van der Waals surface area contributed by atoms with Crippen LogP contribution in [0.5, 0.6) is 0 Å². The van der Waals surface area contributed by atoms with Crippen LogP contribution in [0.4, 0.5) is 0 Å². The van der Waals surface area contributed by atoms with Crippen LogP contribution < -0.4 is 5.73 Å². The largest absolute Gasteiger partial charge is 0.465 e. The van der Waals surface area contributed by atoms with Gasteiger partial charge in [-0.2, -0.15) is 0 Å². The third kappa shape index (κ3) is 5.78. The number of carbonyl (C=O) groups is 1. The van der Waals surface area contributed by atoms with E-state index in [9.17, 15) is 4.79 Å². The van der Waals surface area contributed by atoms with E-state index >= 15 is 0 Å². The minimum atomic E-state index is -0.154. The van der Waals surface area contributed by atoms with E-state index in [2.05, 4.69) is 0 Å². The van der Waals surface area contributed by atoms with Crippen LogP contribution in [-0.2, 0) is 9.53 Å². The average Bonchev–Trinajstić information content (AvgIpc) is 2.33. The Morgan fingerprint density at radius 1 is 1.31 bits per heavy atom. The Morgan fingerprint density at radius 3 is 2.75 bits per heavy atom. The van der Waals surface area contributed by atoms with Crippen molar-refractivity contribution in [1.29, 1.82) is 0 Å². The quantitative estimate of drug-likeness (QED) is 0.449. The van der Waals surface area contributed by atoms with E-state index in [-0.39, 0.29) is 5.97 Å². The molecule has 0 spiro atoms. The Balaban J connectivity index is 2.06. The monoisotopic (exact) mass is 239 g/mol. The van der Waals surface area contributed by atoms with E-state index in [1.807, 2.05) is 30.3 Å². The molecule has 16 heavy (non-hydrogen) atoms. The molecule has 0 amide bonds. The highest BCUT2D eigenvalue weighted by Crippen LogP contribution is 2.16. The SMILES string of the molecule is NCCCC(=O)OCCSc1ccccc1. The van der Waals surface area contributed by atoms with Crippen molar-refractivity contribution in [3.63, 3.8) is 0 Å². The van der Waals surface area contributed by atoms with Crippen LogP contribution in [-0.4, -0.2) is 24.9 Å². The molecule has 0 unspecified atom stereocenters. The maximum absolute atomic E-state index is 11.1. The van der Waals surface area contributed by atoms with E-state index in [1.165, 1.54) is 4.90 Å². The van der Waals surface area contributed by atoms with Crippen LogP contribution >= 0.6 is 11.8 Å². The maximum atomic E-state index is 11.1. The van der Waals surface area contributed by atoms with Crippen LogP contribution in [0.1, 0.15) is 12.8 Å². The lowest BCUT2D eigenvalue weighted by Gasteiger charge is -2.04. The van der Waals surface area contributed by atoms with Crippen molar-refractivity contribution in [2.24, 2.45) is 5.73 Å². The Labute approximate surface area is 100 Å².